The van der Waals surface area contributed by atoms with E-state index in [9.17, 15) is 0 Å². The molecule has 0 fully saturated rings. The summed E-state index contributed by atoms with van der Waals surface area (Å²) in [5, 5.41) is 4.02. The molecule has 0 spiro atoms. The number of hydrogen-bond donors (Lipinski definition) is 0. The fourth-order valence-corrected chi connectivity index (χ4v) is 13.0. The molecule has 2 aliphatic rings. The van der Waals surface area contributed by atoms with Gasteiger partial charge in [-0.2, -0.15) is 0 Å². The average molecular weight is 1040 g/mol. The zero-order valence-electron chi connectivity index (χ0n) is 44.0. The molecule has 0 radical (unpaired) electrons. The summed E-state index contributed by atoms with van der Waals surface area (Å²) in [4.78, 5) is 6.79. The Morgan fingerprint density at radius 3 is 0.840 bits per heavy atom. The number of nitrogens with zero attached hydrogens (tertiary/aromatic N) is 3. The maximum absolute atomic E-state index is 18.7. The largest absolute Gasteiger partial charge is 0.311 e. The van der Waals surface area contributed by atoms with Gasteiger partial charge in [-0.15, -0.1) is 0 Å². The molecule has 3 nitrogen and oxygen atoms in total. The number of alkyl halides is 2. The minimum atomic E-state index is -1.88. The van der Waals surface area contributed by atoms with E-state index in [1.165, 1.54) is 0 Å². The van der Waals surface area contributed by atoms with Crippen LogP contribution in [0.15, 0.2) is 309 Å². The summed E-state index contributed by atoms with van der Waals surface area (Å²) in [5.74, 6) is 0. The van der Waals surface area contributed by atoms with E-state index < -0.39 is 11.3 Å². The molecule has 13 aromatic carbocycles. The second kappa shape index (κ2) is 19.2. The zero-order chi connectivity index (χ0) is 54.1. The van der Waals surface area contributed by atoms with E-state index in [1.54, 1.807) is 0 Å². The minimum Gasteiger partial charge on any atom is -0.311 e. The summed E-state index contributed by atoms with van der Waals surface area (Å²) in [5.41, 5.74) is 12.1. The SMILES string of the molecule is FC1(c2ccccc2)c2ccccc2-c2c1cc(N(c1ccccc1)c1ccc(N(c3ccccc3)c3ccc(N(c4ccccc4)c4cc5c(c6ccccc46)-c4ccccc4C5(F)c4ccccc4)cc3)cc1)c1ccccc21. The van der Waals surface area contributed by atoms with Gasteiger partial charge in [0.15, 0.2) is 11.3 Å². The van der Waals surface area contributed by atoms with Gasteiger partial charge in [0.1, 0.15) is 0 Å². The molecule has 2 aliphatic carbocycles. The smallest absolute Gasteiger partial charge is 0.187 e. The van der Waals surface area contributed by atoms with Gasteiger partial charge >= 0.3 is 0 Å². The van der Waals surface area contributed by atoms with Crippen molar-refractivity contribution in [2.75, 3.05) is 14.7 Å². The molecule has 0 amide bonds. The van der Waals surface area contributed by atoms with Crippen LogP contribution in [-0.4, -0.2) is 0 Å². The van der Waals surface area contributed by atoms with Gasteiger partial charge in [-0.3, -0.25) is 0 Å². The lowest BCUT2D eigenvalue weighted by molar-refractivity contribution is 0.288. The molecular formula is C76H51F2N3. The summed E-state index contributed by atoms with van der Waals surface area (Å²) in [6, 6.07) is 105. The zero-order valence-corrected chi connectivity index (χ0v) is 44.0. The molecule has 0 aliphatic heterocycles. The van der Waals surface area contributed by atoms with E-state index in [0.717, 1.165) is 95.0 Å². The van der Waals surface area contributed by atoms with Crippen molar-refractivity contribution in [3.8, 4) is 22.3 Å². The minimum absolute atomic E-state index is 0.601. The Hall–Kier alpha value is -10.4. The number of halogens is 2. The molecule has 0 aromatic heterocycles. The Morgan fingerprint density at radius 1 is 0.222 bits per heavy atom. The maximum Gasteiger partial charge on any atom is 0.187 e. The van der Waals surface area contributed by atoms with Crippen LogP contribution in [0.4, 0.5) is 60.0 Å². The summed E-state index contributed by atoms with van der Waals surface area (Å²) in [6.07, 6.45) is 0. The Morgan fingerprint density at radius 2 is 0.481 bits per heavy atom. The first-order valence-electron chi connectivity index (χ1n) is 27.6. The van der Waals surface area contributed by atoms with Crippen molar-refractivity contribution in [1.29, 1.82) is 0 Å². The lowest BCUT2D eigenvalue weighted by Gasteiger charge is -2.31. The first-order valence-corrected chi connectivity index (χ1v) is 27.6. The molecule has 0 saturated carbocycles. The van der Waals surface area contributed by atoms with Gasteiger partial charge in [-0.1, -0.05) is 212 Å². The lowest BCUT2D eigenvalue weighted by atomic mass is 9.85. The molecular weight excluding hydrogens is 993 g/mol. The number of benzene rings is 13. The van der Waals surface area contributed by atoms with Gasteiger partial charge in [-0.25, -0.2) is 8.78 Å². The standard InChI is InChI=1S/C76H51F2N3/c77-75(52-24-6-1-7-25-52)67-40-22-20-38-65(67)73-63-36-18-16-34-61(63)71(50-69(73)75)80(55-30-12-4-13-31-55)59-46-42-57(43-47-59)79(54-28-10-3-11-29-54)58-44-48-60(49-45-58)81(56-32-14-5-15-33-56)72-51-70-74(64-37-19-17-35-62(64)72)66-39-21-23-41-68(66)76(70,78)53-26-8-2-9-27-53/h1-51H. The fraction of sp³-hybridized carbons (Fsp3) is 0.0263. The third kappa shape index (κ3) is 7.53. The normalized spacial score (nSPS) is 15.6. The van der Waals surface area contributed by atoms with Crippen molar-refractivity contribution in [3.63, 3.8) is 0 Å². The van der Waals surface area contributed by atoms with Crippen molar-refractivity contribution >= 4 is 72.7 Å². The van der Waals surface area contributed by atoms with Crippen molar-refractivity contribution in [3.05, 3.63) is 343 Å². The van der Waals surface area contributed by atoms with Crippen LogP contribution in [0.3, 0.4) is 0 Å². The molecule has 2 atom stereocenters. The van der Waals surface area contributed by atoms with Crippen LogP contribution in [0.1, 0.15) is 33.4 Å². The van der Waals surface area contributed by atoms with Crippen molar-refractivity contribution in [1.82, 2.24) is 0 Å². The van der Waals surface area contributed by atoms with E-state index in [1.807, 2.05) is 115 Å². The van der Waals surface area contributed by atoms with E-state index in [0.29, 0.717) is 33.4 Å². The first-order chi connectivity index (χ1) is 40.0. The number of rotatable bonds is 11. The van der Waals surface area contributed by atoms with Crippen LogP contribution < -0.4 is 14.7 Å². The maximum atomic E-state index is 18.7. The molecule has 0 saturated heterocycles. The van der Waals surface area contributed by atoms with Gasteiger partial charge in [0.05, 0.1) is 11.4 Å². The Balaban J connectivity index is 0.856. The second-order valence-corrected chi connectivity index (χ2v) is 20.9. The van der Waals surface area contributed by atoms with Gasteiger partial charge in [0.2, 0.25) is 0 Å². The van der Waals surface area contributed by atoms with Gasteiger partial charge in [-0.05, 0) is 141 Å². The van der Waals surface area contributed by atoms with Crippen LogP contribution in [0, 0.1) is 0 Å². The van der Waals surface area contributed by atoms with Crippen molar-refractivity contribution < 1.29 is 8.78 Å². The molecule has 0 bridgehead atoms. The quantitative estimate of drug-likeness (QED) is 0.128. The van der Waals surface area contributed by atoms with E-state index >= 15 is 8.78 Å². The van der Waals surface area contributed by atoms with Crippen molar-refractivity contribution in [2.45, 2.75) is 11.3 Å². The monoisotopic (exact) mass is 1040 g/mol. The summed E-state index contributed by atoms with van der Waals surface area (Å²) in [7, 11) is 0. The lowest BCUT2D eigenvalue weighted by Crippen LogP contribution is -2.21. The topological polar surface area (TPSA) is 9.72 Å². The first kappa shape index (κ1) is 47.8. The van der Waals surface area contributed by atoms with Crippen LogP contribution in [0.25, 0.3) is 43.8 Å². The highest BCUT2D eigenvalue weighted by molar-refractivity contribution is 6.12. The predicted octanol–water partition coefficient (Wildman–Crippen LogP) is 20.9. The van der Waals surface area contributed by atoms with E-state index in [-0.39, 0.29) is 0 Å². The average Bonchev–Trinajstić information content (AvgIpc) is 2.93. The summed E-state index contributed by atoms with van der Waals surface area (Å²) >= 11 is 0. The molecule has 13 aromatic rings. The Labute approximate surface area is 470 Å². The number of hydrogen-bond acceptors (Lipinski definition) is 3. The summed E-state index contributed by atoms with van der Waals surface area (Å²) in [6.45, 7) is 0. The Kier molecular flexibility index (Phi) is 11.3. The molecule has 81 heavy (non-hydrogen) atoms. The van der Waals surface area contributed by atoms with Crippen LogP contribution >= 0.6 is 0 Å². The number of anilines is 9. The van der Waals surface area contributed by atoms with Gasteiger partial charge in [0, 0.05) is 72.8 Å². The molecule has 5 heteroatoms. The summed E-state index contributed by atoms with van der Waals surface area (Å²) < 4.78 is 37.4. The highest BCUT2D eigenvalue weighted by Gasteiger charge is 2.48. The molecule has 0 heterocycles. The molecule has 384 valence electrons. The molecule has 0 N–H and O–H groups in total. The predicted molar refractivity (Wildman–Crippen MR) is 331 cm³/mol. The highest BCUT2D eigenvalue weighted by Crippen LogP contribution is 2.60. The van der Waals surface area contributed by atoms with Gasteiger partial charge in [0.25, 0.3) is 0 Å². The Bertz CT molecular complexity index is 4210. The third-order valence-corrected chi connectivity index (χ3v) is 16.5. The second-order valence-electron chi connectivity index (χ2n) is 20.9. The molecule has 15 rings (SSSR count). The van der Waals surface area contributed by atoms with E-state index in [4.69, 9.17) is 0 Å². The van der Waals surface area contributed by atoms with Crippen LogP contribution in [0.5, 0.6) is 0 Å². The van der Waals surface area contributed by atoms with Gasteiger partial charge < -0.3 is 14.7 Å². The fourth-order valence-electron chi connectivity index (χ4n) is 13.0. The van der Waals surface area contributed by atoms with Crippen molar-refractivity contribution in [2.24, 2.45) is 0 Å². The third-order valence-electron chi connectivity index (χ3n) is 16.5. The van der Waals surface area contributed by atoms with Crippen LogP contribution in [-0.2, 0) is 11.3 Å². The van der Waals surface area contributed by atoms with E-state index in [2.05, 4.69) is 209 Å². The van der Waals surface area contributed by atoms with Crippen LogP contribution in [0.2, 0.25) is 0 Å². The molecule has 2 unspecified atom stereocenters. The number of para-hydroxylation sites is 3. The highest BCUT2D eigenvalue weighted by atomic mass is 19.1. The number of fused-ring (bicyclic) bond motifs is 10.